The first kappa shape index (κ1) is 22.0. The van der Waals surface area contributed by atoms with Crippen LogP contribution in [-0.4, -0.2) is 46.1 Å². The highest BCUT2D eigenvalue weighted by Crippen LogP contribution is 2.24. The van der Waals surface area contributed by atoms with Crippen molar-refractivity contribution in [1.29, 1.82) is 0 Å². The third-order valence-corrected chi connectivity index (χ3v) is 6.55. The van der Waals surface area contributed by atoms with E-state index in [0.29, 0.717) is 16.9 Å². The first-order valence-corrected chi connectivity index (χ1v) is 11.6. The van der Waals surface area contributed by atoms with Gasteiger partial charge in [0.25, 0.3) is 11.8 Å². The van der Waals surface area contributed by atoms with Crippen LogP contribution in [0.2, 0.25) is 0 Å². The molecule has 0 spiro atoms. The van der Waals surface area contributed by atoms with E-state index in [1.807, 2.05) is 36.1 Å². The second-order valence-electron chi connectivity index (χ2n) is 8.09. The predicted molar refractivity (Wildman–Crippen MR) is 126 cm³/mol. The van der Waals surface area contributed by atoms with Gasteiger partial charge in [0.15, 0.2) is 0 Å². The van der Waals surface area contributed by atoms with Crippen molar-refractivity contribution < 1.29 is 14.4 Å². The van der Waals surface area contributed by atoms with E-state index in [-0.39, 0.29) is 17.7 Å². The van der Waals surface area contributed by atoms with Crippen molar-refractivity contribution in [3.05, 3.63) is 59.3 Å². The number of benzene rings is 2. The van der Waals surface area contributed by atoms with Crippen molar-refractivity contribution >= 4 is 45.0 Å². The van der Waals surface area contributed by atoms with Crippen LogP contribution in [-0.2, 0) is 4.79 Å². The number of likely N-dealkylation sites (tertiary alicyclic amines) is 1. The van der Waals surface area contributed by atoms with Gasteiger partial charge in [-0.1, -0.05) is 24.3 Å². The predicted octanol–water partition coefficient (Wildman–Crippen LogP) is 3.99. The molecule has 0 saturated carbocycles. The van der Waals surface area contributed by atoms with Crippen molar-refractivity contribution in [2.45, 2.75) is 39.2 Å². The standard InChI is InChI=1S/C24H26N4O3S/c1-15-10-11-17(22(29)25-16(2)24(31)28-12-6-3-7-13-28)14-19(15)26-23(30)21-18-8-4-5-9-20(18)32-27-21/h4-5,8-11,14,16H,3,6-7,12-13H2,1-2H3,(H,25,29)(H,26,30)/t16-/m1/s1. The van der Waals surface area contributed by atoms with Gasteiger partial charge in [-0.3, -0.25) is 14.4 Å². The molecule has 1 aromatic heterocycles. The molecule has 2 heterocycles. The molecule has 1 saturated heterocycles. The molecule has 2 N–H and O–H groups in total. The second kappa shape index (κ2) is 9.48. The number of aromatic nitrogens is 1. The van der Waals surface area contributed by atoms with Gasteiger partial charge in [0, 0.05) is 29.7 Å². The highest BCUT2D eigenvalue weighted by Gasteiger charge is 2.24. The van der Waals surface area contributed by atoms with Crippen LogP contribution in [0, 0.1) is 6.92 Å². The lowest BCUT2D eigenvalue weighted by atomic mass is 10.1. The lowest BCUT2D eigenvalue weighted by Gasteiger charge is -2.29. The topological polar surface area (TPSA) is 91.4 Å². The van der Waals surface area contributed by atoms with Crippen molar-refractivity contribution in [3.63, 3.8) is 0 Å². The Labute approximate surface area is 191 Å². The van der Waals surface area contributed by atoms with E-state index in [1.54, 1.807) is 25.1 Å². The summed E-state index contributed by atoms with van der Waals surface area (Å²) >= 11 is 1.28. The molecule has 0 aliphatic carbocycles. The molecule has 1 fully saturated rings. The maximum Gasteiger partial charge on any atom is 0.276 e. The van der Waals surface area contributed by atoms with Crippen LogP contribution in [0.3, 0.4) is 0 Å². The zero-order valence-electron chi connectivity index (χ0n) is 18.2. The fraction of sp³-hybridized carbons (Fsp3) is 0.333. The quantitative estimate of drug-likeness (QED) is 0.615. The molecule has 166 valence electrons. The Balaban J connectivity index is 1.46. The smallest absolute Gasteiger partial charge is 0.276 e. The Kier molecular flexibility index (Phi) is 6.50. The van der Waals surface area contributed by atoms with Crippen LogP contribution in [0.4, 0.5) is 5.69 Å². The number of hydrogen-bond donors (Lipinski definition) is 2. The van der Waals surface area contributed by atoms with E-state index < -0.39 is 6.04 Å². The minimum Gasteiger partial charge on any atom is -0.341 e. The first-order valence-electron chi connectivity index (χ1n) is 10.8. The van der Waals surface area contributed by atoms with E-state index in [4.69, 9.17) is 0 Å². The van der Waals surface area contributed by atoms with Gasteiger partial charge >= 0.3 is 0 Å². The van der Waals surface area contributed by atoms with Crippen LogP contribution < -0.4 is 10.6 Å². The van der Waals surface area contributed by atoms with Crippen LogP contribution in [0.25, 0.3) is 10.1 Å². The van der Waals surface area contributed by atoms with Crippen molar-refractivity contribution in [1.82, 2.24) is 14.6 Å². The maximum absolute atomic E-state index is 12.8. The van der Waals surface area contributed by atoms with Crippen LogP contribution >= 0.6 is 11.5 Å². The monoisotopic (exact) mass is 450 g/mol. The van der Waals surface area contributed by atoms with Gasteiger partial charge in [-0.15, -0.1) is 0 Å². The fourth-order valence-corrected chi connectivity index (χ4v) is 4.63. The highest BCUT2D eigenvalue weighted by atomic mass is 32.1. The van der Waals surface area contributed by atoms with Gasteiger partial charge in [-0.05, 0) is 68.4 Å². The van der Waals surface area contributed by atoms with Gasteiger partial charge in [-0.25, -0.2) is 0 Å². The zero-order chi connectivity index (χ0) is 22.7. The molecule has 7 nitrogen and oxygen atoms in total. The average molecular weight is 451 g/mol. The van der Waals surface area contributed by atoms with Gasteiger partial charge in [-0.2, -0.15) is 4.37 Å². The number of fused-ring (bicyclic) bond motifs is 1. The van der Waals surface area contributed by atoms with Crippen molar-refractivity contribution in [2.75, 3.05) is 18.4 Å². The molecule has 1 aliphatic heterocycles. The molecular weight excluding hydrogens is 424 g/mol. The summed E-state index contributed by atoms with van der Waals surface area (Å²) in [5.41, 5.74) is 2.11. The molecule has 0 radical (unpaired) electrons. The summed E-state index contributed by atoms with van der Waals surface area (Å²) in [6.07, 6.45) is 3.14. The zero-order valence-corrected chi connectivity index (χ0v) is 19.0. The molecule has 2 aromatic carbocycles. The van der Waals surface area contributed by atoms with E-state index in [2.05, 4.69) is 15.0 Å². The summed E-state index contributed by atoms with van der Waals surface area (Å²) in [7, 11) is 0. The number of piperidine rings is 1. The third-order valence-electron chi connectivity index (χ3n) is 5.73. The average Bonchev–Trinajstić information content (AvgIpc) is 3.25. The molecule has 32 heavy (non-hydrogen) atoms. The number of hydrogen-bond acceptors (Lipinski definition) is 5. The van der Waals surface area contributed by atoms with E-state index >= 15 is 0 Å². The number of aryl methyl sites for hydroxylation is 1. The Morgan fingerprint density at radius 2 is 1.78 bits per heavy atom. The van der Waals surface area contributed by atoms with Crippen molar-refractivity contribution in [3.8, 4) is 0 Å². The second-order valence-corrected chi connectivity index (χ2v) is 8.90. The summed E-state index contributed by atoms with van der Waals surface area (Å²) in [6, 6.07) is 12.1. The van der Waals surface area contributed by atoms with Gasteiger partial charge in [0.1, 0.15) is 11.7 Å². The third kappa shape index (κ3) is 4.65. The van der Waals surface area contributed by atoms with Gasteiger partial charge in [0.05, 0.1) is 4.70 Å². The molecule has 3 aromatic rings. The maximum atomic E-state index is 12.8. The minimum absolute atomic E-state index is 0.0610. The van der Waals surface area contributed by atoms with Crippen molar-refractivity contribution in [2.24, 2.45) is 0 Å². The Morgan fingerprint density at radius 3 is 2.56 bits per heavy atom. The summed E-state index contributed by atoms with van der Waals surface area (Å²) in [5.74, 6) is -0.733. The summed E-state index contributed by atoms with van der Waals surface area (Å²) in [5, 5.41) is 6.47. The van der Waals surface area contributed by atoms with Gasteiger partial charge in [0.2, 0.25) is 5.91 Å². The lowest BCUT2D eigenvalue weighted by Crippen LogP contribution is -2.48. The molecule has 0 bridgehead atoms. The molecule has 1 aliphatic rings. The number of rotatable bonds is 5. The molecule has 8 heteroatoms. The van der Waals surface area contributed by atoms with Crippen LogP contribution in [0.1, 0.15) is 52.6 Å². The minimum atomic E-state index is -0.610. The number of nitrogens with zero attached hydrogens (tertiary/aromatic N) is 2. The number of anilines is 1. The first-order chi connectivity index (χ1) is 15.4. The van der Waals surface area contributed by atoms with Crippen LogP contribution in [0.15, 0.2) is 42.5 Å². The number of nitrogens with one attached hydrogen (secondary N) is 2. The molecular formula is C24H26N4O3S. The molecule has 1 atom stereocenters. The van der Waals surface area contributed by atoms with E-state index in [1.165, 1.54) is 11.5 Å². The van der Waals surface area contributed by atoms with E-state index in [0.717, 1.165) is 48.0 Å². The lowest BCUT2D eigenvalue weighted by molar-refractivity contribution is -0.133. The SMILES string of the molecule is Cc1ccc(C(=O)N[C@H](C)C(=O)N2CCCCC2)cc1NC(=O)c1nsc2ccccc12. The van der Waals surface area contributed by atoms with Crippen LogP contribution in [0.5, 0.6) is 0 Å². The summed E-state index contributed by atoms with van der Waals surface area (Å²) in [6.45, 7) is 5.05. The van der Waals surface area contributed by atoms with E-state index in [9.17, 15) is 14.4 Å². The molecule has 3 amide bonds. The summed E-state index contributed by atoms with van der Waals surface area (Å²) in [4.78, 5) is 40.1. The number of carbonyl (C=O) groups excluding carboxylic acids is 3. The number of amides is 3. The molecule has 0 unspecified atom stereocenters. The highest BCUT2D eigenvalue weighted by molar-refractivity contribution is 7.13. The van der Waals surface area contributed by atoms with Gasteiger partial charge < -0.3 is 15.5 Å². The fourth-order valence-electron chi connectivity index (χ4n) is 3.86. The molecule has 4 rings (SSSR count). The Bertz CT molecular complexity index is 1170. The normalized spacial score (nSPS) is 14.8. The summed E-state index contributed by atoms with van der Waals surface area (Å²) < 4.78 is 5.23. The largest absolute Gasteiger partial charge is 0.341 e. The Morgan fingerprint density at radius 1 is 1.03 bits per heavy atom. The number of carbonyl (C=O) groups is 3. The Hall–Kier alpha value is -3.26.